The quantitative estimate of drug-likeness (QED) is 0.860. The first-order chi connectivity index (χ1) is 9.89. The molecule has 0 unspecified atom stereocenters. The molecule has 0 spiro atoms. The maximum atomic E-state index is 11.7. The number of para-hydroxylation sites is 1. The number of carbonyl (C=O) groups excluding carboxylic acids is 1. The molecule has 1 amide bonds. The lowest BCUT2D eigenvalue weighted by Crippen LogP contribution is -2.32. The highest BCUT2D eigenvalue weighted by Gasteiger charge is 2.16. The monoisotopic (exact) mass is 282 g/mol. The van der Waals surface area contributed by atoms with Crippen molar-refractivity contribution in [3.05, 3.63) is 41.6 Å². The van der Waals surface area contributed by atoms with Gasteiger partial charge in [0.15, 0.2) is 0 Å². The van der Waals surface area contributed by atoms with E-state index in [1.807, 2.05) is 51.1 Å². The zero-order chi connectivity index (χ0) is 15.5. The Bertz CT molecular complexity index is 709. The van der Waals surface area contributed by atoms with Crippen LogP contribution in [0.25, 0.3) is 10.9 Å². The molecule has 0 bridgehead atoms. The molecule has 2 aromatic rings. The number of aromatic nitrogens is 1. The van der Waals surface area contributed by atoms with Crippen LogP contribution < -0.4 is 5.32 Å². The van der Waals surface area contributed by atoms with Crippen molar-refractivity contribution in [1.29, 1.82) is 0 Å². The van der Waals surface area contributed by atoms with Crippen molar-refractivity contribution in [2.75, 3.05) is 0 Å². The molecule has 108 valence electrons. The molecule has 0 aliphatic rings. The van der Waals surface area contributed by atoms with Gasteiger partial charge in [-0.05, 0) is 38.8 Å². The van der Waals surface area contributed by atoms with Gasteiger partial charge in [0.05, 0.1) is 5.52 Å². The molecule has 4 nitrogen and oxygen atoms in total. The summed E-state index contributed by atoms with van der Waals surface area (Å²) >= 11 is 0. The highest BCUT2D eigenvalue weighted by Crippen LogP contribution is 2.16. The number of alkyl carbamates (subject to hydrolysis) is 1. The van der Waals surface area contributed by atoms with Crippen LogP contribution in [-0.4, -0.2) is 16.7 Å². The van der Waals surface area contributed by atoms with Crippen LogP contribution in [0.2, 0.25) is 0 Å². The fourth-order valence-electron chi connectivity index (χ4n) is 1.90. The summed E-state index contributed by atoms with van der Waals surface area (Å²) in [6, 6.07) is 9.65. The van der Waals surface area contributed by atoms with Crippen molar-refractivity contribution in [2.24, 2.45) is 0 Å². The minimum atomic E-state index is -0.527. The number of carbonyl (C=O) groups is 1. The zero-order valence-electron chi connectivity index (χ0n) is 12.4. The first-order valence-corrected chi connectivity index (χ1v) is 6.71. The van der Waals surface area contributed by atoms with Gasteiger partial charge in [-0.3, -0.25) is 0 Å². The molecule has 0 fully saturated rings. The SMILES string of the molecule is C#Cc1nc2ccccc2cc1CNC(=O)OC(C)(C)C. The lowest BCUT2D eigenvalue weighted by Gasteiger charge is -2.19. The number of nitrogens with one attached hydrogen (secondary N) is 1. The van der Waals surface area contributed by atoms with Crippen molar-refractivity contribution < 1.29 is 9.53 Å². The smallest absolute Gasteiger partial charge is 0.407 e. The summed E-state index contributed by atoms with van der Waals surface area (Å²) in [5.74, 6) is 2.56. The molecular weight excluding hydrogens is 264 g/mol. The maximum absolute atomic E-state index is 11.7. The van der Waals surface area contributed by atoms with Crippen LogP contribution in [0.1, 0.15) is 32.0 Å². The van der Waals surface area contributed by atoms with Crippen molar-refractivity contribution in [3.63, 3.8) is 0 Å². The number of nitrogens with zero attached hydrogens (tertiary/aromatic N) is 1. The molecular formula is C17H18N2O2. The van der Waals surface area contributed by atoms with Gasteiger partial charge in [-0.15, -0.1) is 6.42 Å². The van der Waals surface area contributed by atoms with Crippen molar-refractivity contribution >= 4 is 17.0 Å². The topological polar surface area (TPSA) is 51.2 Å². The van der Waals surface area contributed by atoms with Crippen LogP contribution in [0.15, 0.2) is 30.3 Å². The number of benzene rings is 1. The zero-order valence-corrected chi connectivity index (χ0v) is 12.4. The average molecular weight is 282 g/mol. The van der Waals surface area contributed by atoms with E-state index in [0.717, 1.165) is 16.5 Å². The van der Waals surface area contributed by atoms with Crippen LogP contribution >= 0.6 is 0 Å². The highest BCUT2D eigenvalue weighted by atomic mass is 16.6. The van der Waals surface area contributed by atoms with Crippen LogP contribution in [0.5, 0.6) is 0 Å². The average Bonchev–Trinajstić information content (AvgIpc) is 2.42. The number of rotatable bonds is 2. The van der Waals surface area contributed by atoms with E-state index in [9.17, 15) is 4.79 Å². The lowest BCUT2D eigenvalue weighted by atomic mass is 10.1. The van der Waals surface area contributed by atoms with E-state index in [0.29, 0.717) is 5.69 Å². The van der Waals surface area contributed by atoms with Gasteiger partial charge in [0, 0.05) is 17.5 Å². The predicted molar refractivity (Wildman–Crippen MR) is 82.8 cm³/mol. The fourth-order valence-corrected chi connectivity index (χ4v) is 1.90. The molecule has 0 saturated carbocycles. The molecule has 1 aromatic carbocycles. The molecule has 1 heterocycles. The second-order valence-electron chi connectivity index (χ2n) is 5.69. The summed E-state index contributed by atoms with van der Waals surface area (Å²) in [7, 11) is 0. The third-order valence-electron chi connectivity index (χ3n) is 2.76. The Hall–Kier alpha value is -2.54. The number of pyridine rings is 1. The Balaban J connectivity index is 2.18. The summed E-state index contributed by atoms with van der Waals surface area (Å²) in [4.78, 5) is 16.1. The van der Waals surface area contributed by atoms with E-state index in [1.165, 1.54) is 0 Å². The Morgan fingerprint density at radius 2 is 2.10 bits per heavy atom. The third-order valence-corrected chi connectivity index (χ3v) is 2.76. The molecule has 4 heteroatoms. The number of hydrogen-bond acceptors (Lipinski definition) is 3. The van der Waals surface area contributed by atoms with Crippen LogP contribution in [-0.2, 0) is 11.3 Å². The maximum Gasteiger partial charge on any atom is 0.407 e. The molecule has 21 heavy (non-hydrogen) atoms. The molecule has 2 rings (SSSR count). The molecule has 1 aromatic heterocycles. The van der Waals surface area contributed by atoms with E-state index >= 15 is 0 Å². The van der Waals surface area contributed by atoms with E-state index in [-0.39, 0.29) is 6.54 Å². The van der Waals surface area contributed by atoms with Gasteiger partial charge < -0.3 is 10.1 Å². The molecule has 0 aliphatic heterocycles. The summed E-state index contributed by atoms with van der Waals surface area (Å²) in [6.45, 7) is 5.73. The Labute approximate surface area is 124 Å². The Morgan fingerprint density at radius 1 is 1.38 bits per heavy atom. The van der Waals surface area contributed by atoms with Gasteiger partial charge in [0.1, 0.15) is 11.3 Å². The van der Waals surface area contributed by atoms with Crippen molar-refractivity contribution in [1.82, 2.24) is 10.3 Å². The predicted octanol–water partition coefficient (Wildman–Crippen LogP) is 3.24. The van der Waals surface area contributed by atoms with Crippen molar-refractivity contribution in [3.8, 4) is 12.3 Å². The number of ether oxygens (including phenoxy) is 1. The van der Waals surface area contributed by atoms with Crippen LogP contribution in [0.3, 0.4) is 0 Å². The van der Waals surface area contributed by atoms with Crippen LogP contribution in [0, 0.1) is 12.3 Å². The third kappa shape index (κ3) is 3.96. The normalized spacial score (nSPS) is 11.0. The fraction of sp³-hybridized carbons (Fsp3) is 0.294. The van der Waals surface area contributed by atoms with Gasteiger partial charge in [0.2, 0.25) is 0 Å². The van der Waals surface area contributed by atoms with Gasteiger partial charge in [-0.2, -0.15) is 0 Å². The standard InChI is InChI=1S/C17H18N2O2/c1-5-14-13(11-18-16(20)21-17(2,3)4)10-12-8-6-7-9-15(12)19-14/h1,6-10H,11H2,2-4H3,(H,18,20). The molecule has 0 radical (unpaired) electrons. The number of amides is 1. The molecule has 0 atom stereocenters. The van der Waals surface area contributed by atoms with Crippen molar-refractivity contribution in [2.45, 2.75) is 32.9 Å². The van der Waals surface area contributed by atoms with E-state index in [1.54, 1.807) is 0 Å². The summed E-state index contributed by atoms with van der Waals surface area (Å²) in [5.41, 5.74) is 1.64. The second kappa shape index (κ2) is 5.84. The van der Waals surface area contributed by atoms with Gasteiger partial charge >= 0.3 is 6.09 Å². The first kappa shape index (κ1) is 14.9. The van der Waals surface area contributed by atoms with Gasteiger partial charge in [-0.1, -0.05) is 18.2 Å². The Morgan fingerprint density at radius 3 is 2.76 bits per heavy atom. The summed E-state index contributed by atoms with van der Waals surface area (Å²) in [5, 5.41) is 3.68. The second-order valence-corrected chi connectivity index (χ2v) is 5.69. The number of terminal acetylenes is 1. The summed E-state index contributed by atoms with van der Waals surface area (Å²) in [6.07, 6.45) is 5.02. The van der Waals surface area contributed by atoms with Gasteiger partial charge in [-0.25, -0.2) is 9.78 Å². The highest BCUT2D eigenvalue weighted by molar-refractivity contribution is 5.80. The molecule has 0 saturated heterocycles. The minimum Gasteiger partial charge on any atom is -0.444 e. The molecule has 0 aliphatic carbocycles. The minimum absolute atomic E-state index is 0.284. The Kier molecular flexibility index (Phi) is 4.13. The summed E-state index contributed by atoms with van der Waals surface area (Å²) < 4.78 is 5.20. The largest absolute Gasteiger partial charge is 0.444 e. The van der Waals surface area contributed by atoms with Gasteiger partial charge in [0.25, 0.3) is 0 Å². The molecule has 1 N–H and O–H groups in total. The lowest BCUT2D eigenvalue weighted by molar-refractivity contribution is 0.0523. The van der Waals surface area contributed by atoms with E-state index in [4.69, 9.17) is 11.2 Å². The first-order valence-electron chi connectivity index (χ1n) is 6.71. The van der Waals surface area contributed by atoms with Crippen LogP contribution in [0.4, 0.5) is 4.79 Å². The van der Waals surface area contributed by atoms with E-state index in [2.05, 4.69) is 16.2 Å². The number of hydrogen-bond donors (Lipinski definition) is 1. The van der Waals surface area contributed by atoms with E-state index < -0.39 is 11.7 Å². The number of fused-ring (bicyclic) bond motifs is 1.